The predicted octanol–water partition coefficient (Wildman–Crippen LogP) is 6.79. The zero-order valence-corrected chi connectivity index (χ0v) is 19.9. The van der Waals surface area contributed by atoms with Crippen LogP contribution in [0.2, 0.25) is 0 Å². The van der Waals surface area contributed by atoms with Gasteiger partial charge in [-0.3, -0.25) is 0 Å². The molecule has 2 heteroatoms. The molecule has 0 N–H and O–H groups in total. The van der Waals surface area contributed by atoms with E-state index >= 15 is 0 Å². The zero-order chi connectivity index (χ0) is 21.1. The van der Waals surface area contributed by atoms with Gasteiger partial charge in [0.1, 0.15) is 18.0 Å². The minimum atomic E-state index is -0.0462. The van der Waals surface area contributed by atoms with E-state index in [-0.39, 0.29) is 5.60 Å². The second-order valence-electron chi connectivity index (χ2n) is 14.1. The third-order valence-electron chi connectivity index (χ3n) is 11.4. The quantitative estimate of drug-likeness (QED) is 0.478. The summed E-state index contributed by atoms with van der Waals surface area (Å²) in [5, 5.41) is 0. The molecule has 10 rings (SSSR count). The van der Waals surface area contributed by atoms with Gasteiger partial charge in [-0.05, 0) is 137 Å². The number of hydrogen-bond acceptors (Lipinski definition) is 2. The lowest BCUT2D eigenvalue weighted by Gasteiger charge is -2.61. The summed E-state index contributed by atoms with van der Waals surface area (Å²) in [6.45, 7) is 3.78. The van der Waals surface area contributed by atoms with Crippen LogP contribution in [0.3, 0.4) is 0 Å². The molecule has 8 saturated carbocycles. The van der Waals surface area contributed by atoms with Crippen molar-refractivity contribution in [3.8, 4) is 5.75 Å². The largest absolute Gasteiger partial charge is 0.490 e. The van der Waals surface area contributed by atoms with E-state index in [0.717, 1.165) is 48.7 Å². The van der Waals surface area contributed by atoms with E-state index in [0.29, 0.717) is 10.8 Å². The summed E-state index contributed by atoms with van der Waals surface area (Å²) in [7, 11) is 0. The van der Waals surface area contributed by atoms with E-state index < -0.39 is 0 Å². The monoisotopic (exact) mass is 432 g/mol. The van der Waals surface area contributed by atoms with Crippen LogP contribution in [0.15, 0.2) is 18.2 Å². The Balaban J connectivity index is 1.27. The van der Waals surface area contributed by atoms with Crippen molar-refractivity contribution in [1.29, 1.82) is 0 Å². The average Bonchev–Trinajstić information content (AvgIpc) is 3.48. The van der Waals surface area contributed by atoms with E-state index in [4.69, 9.17) is 9.47 Å². The maximum absolute atomic E-state index is 6.73. The smallest absolute Gasteiger partial charge is 0.123 e. The molecule has 1 aromatic rings. The molecule has 172 valence electrons. The van der Waals surface area contributed by atoms with E-state index in [2.05, 4.69) is 25.1 Å². The van der Waals surface area contributed by atoms with E-state index in [1.54, 1.807) is 11.1 Å². The fourth-order valence-corrected chi connectivity index (χ4v) is 10.9. The second-order valence-corrected chi connectivity index (χ2v) is 14.1. The Morgan fingerprint density at radius 2 is 1.22 bits per heavy atom. The summed E-state index contributed by atoms with van der Waals surface area (Å²) in [6.07, 6.45) is 17.8. The first kappa shape index (κ1) is 19.3. The Morgan fingerprint density at radius 1 is 0.750 bits per heavy atom. The van der Waals surface area contributed by atoms with Crippen molar-refractivity contribution in [3.05, 3.63) is 29.3 Å². The van der Waals surface area contributed by atoms with Gasteiger partial charge in [-0.1, -0.05) is 12.1 Å². The third-order valence-corrected chi connectivity index (χ3v) is 11.4. The Labute approximate surface area is 193 Å². The van der Waals surface area contributed by atoms with Crippen molar-refractivity contribution >= 4 is 0 Å². The van der Waals surface area contributed by atoms with Gasteiger partial charge in [0.2, 0.25) is 0 Å². The highest BCUT2D eigenvalue weighted by Crippen LogP contribution is 2.66. The molecule has 9 aliphatic rings. The standard InChI is InChI=1S/C30H40O2/c1-28(18-32-28)17-31-26-4-2-3-25(29-11-19-5-20(12-29)7-21(6-19)13-29)27(26)30-14-22-8-23(15-30)10-24(9-22)16-30/h2-4,19-24H,5-18H2,1H3. The van der Waals surface area contributed by atoms with E-state index in [1.165, 1.54) is 82.8 Å². The van der Waals surface area contributed by atoms with Gasteiger partial charge in [-0.15, -0.1) is 0 Å². The first-order chi connectivity index (χ1) is 15.5. The molecule has 0 radical (unpaired) electrons. The predicted molar refractivity (Wildman–Crippen MR) is 126 cm³/mol. The fraction of sp³-hybridized carbons (Fsp3) is 0.800. The van der Waals surface area contributed by atoms with Crippen LogP contribution in [0.1, 0.15) is 95.1 Å². The van der Waals surface area contributed by atoms with E-state index in [9.17, 15) is 0 Å². The van der Waals surface area contributed by atoms with Crippen molar-refractivity contribution in [2.45, 2.75) is 100 Å². The van der Waals surface area contributed by atoms with Crippen LogP contribution in [0.25, 0.3) is 0 Å². The summed E-state index contributed by atoms with van der Waals surface area (Å²) in [5.41, 5.74) is 4.28. The first-order valence-corrected chi connectivity index (χ1v) is 13.9. The Bertz CT molecular complexity index is 870. The normalized spacial score (nSPS) is 51.9. The number of epoxide rings is 1. The first-order valence-electron chi connectivity index (χ1n) is 13.9. The topological polar surface area (TPSA) is 21.8 Å². The summed E-state index contributed by atoms with van der Waals surface area (Å²) in [5.74, 6) is 7.15. The van der Waals surface area contributed by atoms with Crippen molar-refractivity contribution in [3.63, 3.8) is 0 Å². The highest BCUT2D eigenvalue weighted by atomic mass is 16.6. The van der Waals surface area contributed by atoms with Crippen LogP contribution in [-0.2, 0) is 15.6 Å². The van der Waals surface area contributed by atoms with Crippen molar-refractivity contribution in [2.24, 2.45) is 35.5 Å². The highest BCUT2D eigenvalue weighted by molar-refractivity contribution is 5.51. The molecule has 9 fully saturated rings. The maximum Gasteiger partial charge on any atom is 0.123 e. The van der Waals surface area contributed by atoms with Gasteiger partial charge in [-0.2, -0.15) is 0 Å². The fourth-order valence-electron chi connectivity index (χ4n) is 10.9. The molecule has 1 atom stereocenters. The van der Waals surface area contributed by atoms with Crippen molar-refractivity contribution in [2.75, 3.05) is 13.2 Å². The lowest BCUT2D eigenvalue weighted by Crippen LogP contribution is -2.52. The average molecular weight is 433 g/mol. The molecular weight excluding hydrogens is 392 g/mol. The number of rotatable bonds is 5. The second kappa shape index (κ2) is 6.35. The lowest BCUT2D eigenvalue weighted by atomic mass is 9.44. The number of hydrogen-bond donors (Lipinski definition) is 0. The SMILES string of the molecule is CC1(COc2cccc(C34CC5CC(CC(C5)C3)C4)c2C23CC4CC(CC(C4)C2)C3)CO1. The molecule has 1 heterocycles. The van der Waals surface area contributed by atoms with E-state index in [1.807, 2.05) is 0 Å². The molecule has 1 unspecified atom stereocenters. The third kappa shape index (κ3) is 2.80. The Kier molecular flexibility index (Phi) is 3.83. The summed E-state index contributed by atoms with van der Waals surface area (Å²) in [6, 6.07) is 7.27. The van der Waals surface area contributed by atoms with Gasteiger partial charge in [0.25, 0.3) is 0 Å². The van der Waals surface area contributed by atoms with Crippen LogP contribution in [-0.4, -0.2) is 18.8 Å². The molecule has 1 saturated heterocycles. The molecule has 1 aliphatic heterocycles. The molecule has 8 aliphatic carbocycles. The van der Waals surface area contributed by atoms with Crippen LogP contribution in [0.4, 0.5) is 0 Å². The summed E-state index contributed by atoms with van der Waals surface area (Å²) < 4.78 is 12.4. The number of ether oxygens (including phenoxy) is 2. The molecule has 2 nitrogen and oxygen atoms in total. The molecule has 8 bridgehead atoms. The van der Waals surface area contributed by atoms with Crippen LogP contribution in [0, 0.1) is 35.5 Å². The minimum absolute atomic E-state index is 0.0462. The maximum atomic E-state index is 6.73. The summed E-state index contributed by atoms with van der Waals surface area (Å²) >= 11 is 0. The van der Waals surface area contributed by atoms with Crippen LogP contribution >= 0.6 is 0 Å². The van der Waals surface area contributed by atoms with Crippen molar-refractivity contribution < 1.29 is 9.47 Å². The lowest BCUT2D eigenvalue weighted by molar-refractivity contribution is -0.0185. The highest BCUT2D eigenvalue weighted by Gasteiger charge is 2.57. The summed E-state index contributed by atoms with van der Waals surface area (Å²) in [4.78, 5) is 0. The minimum Gasteiger partial charge on any atom is -0.490 e. The van der Waals surface area contributed by atoms with Gasteiger partial charge >= 0.3 is 0 Å². The van der Waals surface area contributed by atoms with Gasteiger partial charge < -0.3 is 9.47 Å². The number of benzene rings is 1. The van der Waals surface area contributed by atoms with Gasteiger partial charge in [0.05, 0.1) is 6.61 Å². The van der Waals surface area contributed by atoms with Gasteiger partial charge in [0.15, 0.2) is 0 Å². The molecule has 1 aromatic carbocycles. The molecule has 0 spiro atoms. The molecule has 32 heavy (non-hydrogen) atoms. The van der Waals surface area contributed by atoms with Gasteiger partial charge in [-0.25, -0.2) is 0 Å². The van der Waals surface area contributed by atoms with Crippen LogP contribution in [0.5, 0.6) is 5.75 Å². The Hall–Kier alpha value is -1.02. The molecular formula is C30H40O2. The molecule has 0 aromatic heterocycles. The van der Waals surface area contributed by atoms with Crippen molar-refractivity contribution in [1.82, 2.24) is 0 Å². The zero-order valence-electron chi connectivity index (χ0n) is 19.9. The van der Waals surface area contributed by atoms with Gasteiger partial charge in [0, 0.05) is 11.0 Å². The molecule has 0 amide bonds. The Morgan fingerprint density at radius 3 is 1.69 bits per heavy atom. The van der Waals surface area contributed by atoms with Crippen LogP contribution < -0.4 is 4.74 Å².